The SMILES string of the molecule is Nc1ccc(CCC2CNC2)cc1F. The van der Waals surface area contributed by atoms with E-state index in [2.05, 4.69) is 5.32 Å². The molecule has 0 atom stereocenters. The molecule has 3 N–H and O–H groups in total. The van der Waals surface area contributed by atoms with Crippen LogP contribution in [0.4, 0.5) is 10.1 Å². The molecule has 1 aromatic carbocycles. The van der Waals surface area contributed by atoms with Gasteiger partial charge in [0.05, 0.1) is 5.69 Å². The smallest absolute Gasteiger partial charge is 0.146 e. The highest BCUT2D eigenvalue weighted by molar-refractivity contribution is 5.41. The van der Waals surface area contributed by atoms with Gasteiger partial charge in [-0.05, 0) is 49.5 Å². The maximum Gasteiger partial charge on any atom is 0.146 e. The van der Waals surface area contributed by atoms with Crippen LogP contribution in [0.1, 0.15) is 12.0 Å². The maximum absolute atomic E-state index is 13.1. The van der Waals surface area contributed by atoms with Crippen LogP contribution in [0.5, 0.6) is 0 Å². The van der Waals surface area contributed by atoms with E-state index in [1.807, 2.05) is 6.07 Å². The van der Waals surface area contributed by atoms with Crippen molar-refractivity contribution < 1.29 is 4.39 Å². The van der Waals surface area contributed by atoms with Crippen LogP contribution in [0.3, 0.4) is 0 Å². The molecule has 2 nitrogen and oxygen atoms in total. The lowest BCUT2D eigenvalue weighted by Gasteiger charge is -2.26. The van der Waals surface area contributed by atoms with E-state index in [0.29, 0.717) is 0 Å². The molecule has 1 aliphatic heterocycles. The third kappa shape index (κ3) is 2.04. The van der Waals surface area contributed by atoms with Gasteiger partial charge in [-0.3, -0.25) is 0 Å². The van der Waals surface area contributed by atoms with Crippen LogP contribution in [0, 0.1) is 11.7 Å². The van der Waals surface area contributed by atoms with Crippen molar-refractivity contribution in [3.8, 4) is 0 Å². The van der Waals surface area contributed by atoms with Crippen LogP contribution in [-0.2, 0) is 6.42 Å². The third-order valence-electron chi connectivity index (χ3n) is 2.77. The molecule has 0 saturated carbocycles. The molecule has 1 aromatic rings. The molecule has 0 unspecified atom stereocenters. The van der Waals surface area contributed by atoms with Gasteiger partial charge < -0.3 is 11.1 Å². The Morgan fingerprint density at radius 3 is 2.79 bits per heavy atom. The Labute approximate surface area is 83.3 Å². The number of anilines is 1. The third-order valence-corrected chi connectivity index (χ3v) is 2.77. The number of nitrogens with one attached hydrogen (secondary N) is 1. The first kappa shape index (κ1) is 9.46. The molecule has 1 aliphatic rings. The summed E-state index contributed by atoms with van der Waals surface area (Å²) in [5.41, 5.74) is 6.68. The number of hydrogen-bond acceptors (Lipinski definition) is 2. The van der Waals surface area contributed by atoms with Crippen molar-refractivity contribution in [1.82, 2.24) is 5.32 Å². The van der Waals surface area contributed by atoms with Gasteiger partial charge in [-0.25, -0.2) is 4.39 Å². The first-order valence-electron chi connectivity index (χ1n) is 5.00. The van der Waals surface area contributed by atoms with Crippen LogP contribution in [0.15, 0.2) is 18.2 Å². The molecule has 14 heavy (non-hydrogen) atoms. The van der Waals surface area contributed by atoms with E-state index in [0.717, 1.165) is 37.4 Å². The summed E-state index contributed by atoms with van der Waals surface area (Å²) in [6.45, 7) is 2.22. The predicted molar refractivity (Wildman–Crippen MR) is 55.5 cm³/mol. The van der Waals surface area contributed by atoms with E-state index in [1.165, 1.54) is 0 Å². The van der Waals surface area contributed by atoms with Gasteiger partial charge in [0.25, 0.3) is 0 Å². The van der Waals surface area contributed by atoms with Gasteiger partial charge in [-0.15, -0.1) is 0 Å². The van der Waals surface area contributed by atoms with Crippen molar-refractivity contribution in [2.75, 3.05) is 18.8 Å². The molecule has 0 amide bonds. The Morgan fingerprint density at radius 2 is 2.21 bits per heavy atom. The molecule has 1 heterocycles. The highest BCUT2D eigenvalue weighted by atomic mass is 19.1. The second kappa shape index (κ2) is 3.96. The lowest BCUT2D eigenvalue weighted by molar-refractivity contribution is 0.327. The van der Waals surface area contributed by atoms with E-state index < -0.39 is 0 Å². The van der Waals surface area contributed by atoms with E-state index in [-0.39, 0.29) is 11.5 Å². The maximum atomic E-state index is 13.1. The number of nitrogens with two attached hydrogens (primary N) is 1. The Balaban J connectivity index is 1.91. The van der Waals surface area contributed by atoms with Crippen LogP contribution in [0.25, 0.3) is 0 Å². The van der Waals surface area contributed by atoms with Crippen LogP contribution in [0.2, 0.25) is 0 Å². The predicted octanol–water partition coefficient (Wildman–Crippen LogP) is 1.56. The molecule has 3 heteroatoms. The normalized spacial score (nSPS) is 16.6. The van der Waals surface area contributed by atoms with Crippen molar-refractivity contribution in [2.24, 2.45) is 5.92 Å². The van der Waals surface area contributed by atoms with E-state index in [4.69, 9.17) is 5.73 Å². The van der Waals surface area contributed by atoms with Gasteiger partial charge in [0, 0.05) is 0 Å². The number of nitrogen functional groups attached to an aromatic ring is 1. The fourth-order valence-corrected chi connectivity index (χ4v) is 1.65. The lowest BCUT2D eigenvalue weighted by atomic mass is 9.95. The molecule has 0 spiro atoms. The van der Waals surface area contributed by atoms with E-state index in [9.17, 15) is 4.39 Å². The number of benzene rings is 1. The number of hydrogen-bond donors (Lipinski definition) is 2. The first-order chi connectivity index (χ1) is 6.75. The molecular weight excluding hydrogens is 179 g/mol. The summed E-state index contributed by atoms with van der Waals surface area (Å²) in [5, 5.41) is 3.22. The number of aryl methyl sites for hydroxylation is 1. The average molecular weight is 194 g/mol. The van der Waals surface area contributed by atoms with Gasteiger partial charge in [0.2, 0.25) is 0 Å². The van der Waals surface area contributed by atoms with Crippen molar-refractivity contribution in [2.45, 2.75) is 12.8 Å². The summed E-state index contributed by atoms with van der Waals surface area (Å²) in [4.78, 5) is 0. The standard InChI is InChI=1S/C11H15FN2/c12-10-5-8(3-4-11(10)13)1-2-9-6-14-7-9/h3-5,9,14H,1-2,6-7,13H2. The van der Waals surface area contributed by atoms with Gasteiger partial charge in [-0.1, -0.05) is 6.07 Å². The van der Waals surface area contributed by atoms with Gasteiger partial charge >= 0.3 is 0 Å². The van der Waals surface area contributed by atoms with Crippen molar-refractivity contribution in [1.29, 1.82) is 0 Å². The monoisotopic (exact) mass is 194 g/mol. The van der Waals surface area contributed by atoms with Crippen molar-refractivity contribution >= 4 is 5.69 Å². The average Bonchev–Trinajstić information content (AvgIpc) is 2.08. The number of halogens is 1. The zero-order valence-electron chi connectivity index (χ0n) is 8.09. The topological polar surface area (TPSA) is 38.0 Å². The van der Waals surface area contributed by atoms with Crippen LogP contribution < -0.4 is 11.1 Å². The van der Waals surface area contributed by atoms with Gasteiger partial charge in [0.1, 0.15) is 5.82 Å². The summed E-state index contributed by atoms with van der Waals surface area (Å²) >= 11 is 0. The largest absolute Gasteiger partial charge is 0.396 e. The van der Waals surface area contributed by atoms with Crippen molar-refractivity contribution in [3.63, 3.8) is 0 Å². The Bertz CT molecular complexity index is 321. The fourth-order valence-electron chi connectivity index (χ4n) is 1.65. The Morgan fingerprint density at radius 1 is 1.43 bits per heavy atom. The minimum absolute atomic E-state index is 0.235. The zero-order chi connectivity index (χ0) is 9.97. The summed E-state index contributed by atoms with van der Waals surface area (Å²) < 4.78 is 13.1. The quantitative estimate of drug-likeness (QED) is 0.717. The van der Waals surface area contributed by atoms with Crippen LogP contribution >= 0.6 is 0 Å². The summed E-state index contributed by atoms with van der Waals surface area (Å²) in [6, 6.07) is 5.09. The van der Waals surface area contributed by atoms with Gasteiger partial charge in [0.15, 0.2) is 0 Å². The highest BCUT2D eigenvalue weighted by Gasteiger charge is 2.15. The molecule has 2 rings (SSSR count). The highest BCUT2D eigenvalue weighted by Crippen LogP contribution is 2.16. The minimum atomic E-state index is -0.297. The summed E-state index contributed by atoms with van der Waals surface area (Å²) in [5.74, 6) is 0.477. The summed E-state index contributed by atoms with van der Waals surface area (Å²) in [6.07, 6.45) is 2.08. The molecule has 0 aliphatic carbocycles. The zero-order valence-corrected chi connectivity index (χ0v) is 8.09. The Hall–Kier alpha value is -1.09. The minimum Gasteiger partial charge on any atom is -0.396 e. The molecule has 76 valence electrons. The second-order valence-corrected chi connectivity index (χ2v) is 3.92. The molecule has 0 bridgehead atoms. The molecule has 1 fully saturated rings. The summed E-state index contributed by atoms with van der Waals surface area (Å²) in [7, 11) is 0. The molecule has 0 aromatic heterocycles. The van der Waals surface area contributed by atoms with Crippen LogP contribution in [-0.4, -0.2) is 13.1 Å². The molecular formula is C11H15FN2. The second-order valence-electron chi connectivity index (χ2n) is 3.92. The van der Waals surface area contributed by atoms with E-state index in [1.54, 1.807) is 12.1 Å². The van der Waals surface area contributed by atoms with Crippen molar-refractivity contribution in [3.05, 3.63) is 29.6 Å². The first-order valence-corrected chi connectivity index (χ1v) is 5.00. The Kier molecular flexibility index (Phi) is 2.68. The number of rotatable bonds is 3. The van der Waals surface area contributed by atoms with Gasteiger partial charge in [-0.2, -0.15) is 0 Å². The molecule has 1 saturated heterocycles. The fraction of sp³-hybridized carbons (Fsp3) is 0.455. The lowest BCUT2D eigenvalue weighted by Crippen LogP contribution is -2.42. The van der Waals surface area contributed by atoms with E-state index >= 15 is 0 Å². The molecule has 0 radical (unpaired) electrons.